The van der Waals surface area contributed by atoms with Crippen molar-refractivity contribution >= 4 is 79.0 Å². The van der Waals surface area contributed by atoms with Crippen molar-refractivity contribution in [2.45, 2.75) is 59.3 Å². The van der Waals surface area contributed by atoms with E-state index in [0.717, 1.165) is 129 Å². The van der Waals surface area contributed by atoms with Gasteiger partial charge in [-0.2, -0.15) is 0 Å². The summed E-state index contributed by atoms with van der Waals surface area (Å²) in [6, 6.07) is 137. The first-order valence-electron chi connectivity index (χ1n) is 37.9. The van der Waals surface area contributed by atoms with Crippen LogP contribution in [0.2, 0.25) is 0 Å². The van der Waals surface area contributed by atoms with Crippen LogP contribution in [-0.2, 0) is 10.8 Å². The lowest BCUT2D eigenvalue weighted by atomic mass is 9.33. The second-order valence-electron chi connectivity index (χ2n) is 31.2. The molecule has 516 valence electrons. The fourth-order valence-electron chi connectivity index (χ4n) is 17.4. The molecule has 0 N–H and O–H groups in total. The van der Waals surface area contributed by atoms with Gasteiger partial charge in [0, 0.05) is 78.3 Å². The van der Waals surface area contributed by atoms with Crippen LogP contribution < -0.4 is 26.2 Å². The Morgan fingerprint density at radius 1 is 0.259 bits per heavy atom. The number of aromatic nitrogens is 2. The summed E-state index contributed by atoms with van der Waals surface area (Å²) in [5.74, 6) is 0. The number of para-hydroxylation sites is 2. The van der Waals surface area contributed by atoms with Crippen LogP contribution in [0.1, 0.15) is 58.2 Å². The van der Waals surface area contributed by atoms with Crippen LogP contribution in [0.5, 0.6) is 0 Å². The monoisotopic (exact) mass is 1380 g/mol. The summed E-state index contributed by atoms with van der Waals surface area (Å²) in [6.07, 6.45) is 0. The molecule has 0 amide bonds. The molecule has 4 nitrogen and oxygen atoms in total. The van der Waals surface area contributed by atoms with Crippen LogP contribution >= 0.6 is 0 Å². The highest BCUT2D eigenvalue weighted by atomic mass is 15.2. The van der Waals surface area contributed by atoms with E-state index in [1.165, 1.54) is 60.5 Å². The molecule has 0 saturated carbocycles. The first kappa shape index (κ1) is 65.8. The largest absolute Gasteiger partial charge is 0.310 e. The van der Waals surface area contributed by atoms with E-state index in [-0.39, 0.29) is 17.5 Å². The molecule has 0 unspecified atom stereocenters. The van der Waals surface area contributed by atoms with E-state index >= 15 is 0 Å². The van der Waals surface area contributed by atoms with Gasteiger partial charge in [-0.05, 0) is 168 Å². The molecule has 0 radical (unpaired) electrons. The van der Waals surface area contributed by atoms with Gasteiger partial charge in [-0.25, -0.2) is 0 Å². The fourth-order valence-corrected chi connectivity index (χ4v) is 17.4. The minimum atomic E-state index is -0.274. The molecule has 0 aliphatic carbocycles. The second-order valence-corrected chi connectivity index (χ2v) is 31.2. The molecule has 19 rings (SSSR count). The first-order valence-corrected chi connectivity index (χ1v) is 37.9. The molecule has 0 fully saturated rings. The molecule has 0 saturated heterocycles. The normalized spacial score (nSPS) is 12.5. The van der Waals surface area contributed by atoms with Gasteiger partial charge in [0.15, 0.2) is 0 Å². The fraction of sp³-hybridized carbons (Fsp3) is 0.0874. The Hall–Kier alpha value is -13.0. The summed E-state index contributed by atoms with van der Waals surface area (Å²) in [4.78, 5) is 5.42. The SMILES string of the molecule is Cc1cc2c3c(c1)N(c1c(-c4ccccc4)cc(C(C)(C)C)cc1-c1ccccc1)c1cc(-n4c(-c5ccccc5)c(-c5ccccc5)c5ccccc54)ccc1B3c1ccc(-n3c(-c4ccccc4)c(-c4ccccc4)c4ccccc43)cc1N2c1c(-c2ccccc2)cc(C(C)(C)C)cc1-c1ccccc1. The molecule has 0 bridgehead atoms. The number of hydrogen-bond donors (Lipinski definition) is 0. The van der Waals surface area contributed by atoms with Gasteiger partial charge in [0.05, 0.1) is 33.8 Å². The van der Waals surface area contributed by atoms with E-state index in [1.54, 1.807) is 0 Å². The van der Waals surface area contributed by atoms with Crippen LogP contribution in [-0.4, -0.2) is 15.8 Å². The quantitative estimate of drug-likeness (QED) is 0.113. The highest BCUT2D eigenvalue weighted by Crippen LogP contribution is 2.56. The van der Waals surface area contributed by atoms with Gasteiger partial charge in [0.2, 0.25) is 0 Å². The lowest BCUT2D eigenvalue weighted by molar-refractivity contribution is 0.590. The number of rotatable bonds is 12. The van der Waals surface area contributed by atoms with Crippen molar-refractivity contribution in [3.8, 4) is 101 Å². The van der Waals surface area contributed by atoms with E-state index in [4.69, 9.17) is 0 Å². The van der Waals surface area contributed by atoms with Gasteiger partial charge in [-0.3, -0.25) is 0 Å². The van der Waals surface area contributed by atoms with E-state index in [2.05, 4.69) is 431 Å². The van der Waals surface area contributed by atoms with E-state index in [0.29, 0.717) is 0 Å². The molecule has 0 atom stereocenters. The van der Waals surface area contributed by atoms with Crippen molar-refractivity contribution in [3.05, 3.63) is 381 Å². The van der Waals surface area contributed by atoms with E-state index in [1.807, 2.05) is 0 Å². The van der Waals surface area contributed by atoms with Crippen molar-refractivity contribution < 1.29 is 0 Å². The van der Waals surface area contributed by atoms with Crippen LogP contribution in [0.3, 0.4) is 0 Å². The van der Waals surface area contributed by atoms with Crippen LogP contribution in [0.15, 0.2) is 364 Å². The summed E-state index contributed by atoms with van der Waals surface area (Å²) in [6.45, 7) is 16.2. The zero-order chi connectivity index (χ0) is 72.9. The minimum Gasteiger partial charge on any atom is -0.310 e. The van der Waals surface area contributed by atoms with Gasteiger partial charge in [-0.15, -0.1) is 0 Å². The van der Waals surface area contributed by atoms with Crippen LogP contribution in [0, 0.1) is 6.92 Å². The van der Waals surface area contributed by atoms with Gasteiger partial charge in [0.25, 0.3) is 6.71 Å². The van der Waals surface area contributed by atoms with Crippen molar-refractivity contribution in [2.75, 3.05) is 9.80 Å². The van der Waals surface area contributed by atoms with E-state index in [9.17, 15) is 0 Å². The first-order chi connectivity index (χ1) is 52.8. The third kappa shape index (κ3) is 11.1. The van der Waals surface area contributed by atoms with E-state index < -0.39 is 0 Å². The molecular weight excluding hydrogens is 1300 g/mol. The molecule has 2 aromatic heterocycles. The lowest BCUT2D eigenvalue weighted by Crippen LogP contribution is -2.61. The maximum Gasteiger partial charge on any atom is 0.252 e. The number of nitrogens with zero attached hydrogens (tertiary/aromatic N) is 4. The van der Waals surface area contributed by atoms with Gasteiger partial charge in [-0.1, -0.05) is 333 Å². The molecular formula is C103H81BN4. The van der Waals surface area contributed by atoms with Gasteiger partial charge >= 0.3 is 0 Å². The van der Waals surface area contributed by atoms with Crippen molar-refractivity contribution in [3.63, 3.8) is 0 Å². The van der Waals surface area contributed by atoms with Crippen LogP contribution in [0.25, 0.3) is 122 Å². The molecule has 2 aliphatic heterocycles. The Kier molecular flexibility index (Phi) is 16.0. The summed E-state index contributed by atoms with van der Waals surface area (Å²) < 4.78 is 5.11. The molecule has 108 heavy (non-hydrogen) atoms. The molecule has 0 spiro atoms. The maximum atomic E-state index is 2.71. The number of anilines is 6. The highest BCUT2D eigenvalue weighted by molar-refractivity contribution is 7.00. The van der Waals surface area contributed by atoms with Crippen molar-refractivity contribution in [1.82, 2.24) is 9.13 Å². The molecule has 5 heteroatoms. The summed E-state index contributed by atoms with van der Waals surface area (Å²) >= 11 is 0. The second kappa shape index (κ2) is 26.3. The summed E-state index contributed by atoms with van der Waals surface area (Å²) in [5.41, 5.74) is 36.6. The number of benzene rings is 15. The van der Waals surface area contributed by atoms with Crippen molar-refractivity contribution in [1.29, 1.82) is 0 Å². The number of fused-ring (bicyclic) bond motifs is 6. The standard InChI is InChI=1S/C103H81BN4/c1-68-60-93-97-94(61-68)108(101-85(71-40-20-10-21-41-71)64-78(103(5,6)7)65-86(101)72-42-22-11-23-43-72)92-67-80(106-90-55-35-33-53-82(90)96(74-46-26-13-27-47-74)99(106)76-50-30-15-31-51-76)57-59-88(92)104(97)87-58-56-79(105-89-54-34-32-52-81(89)95(73-44-24-12-25-45-73)98(105)75-48-28-14-29-49-75)66-91(87)107(93)100-83(69-36-16-8-17-37-69)62-77(102(2,3)4)63-84(100)70-38-18-9-19-39-70/h8-67H,1-7H3. The Morgan fingerprint density at radius 2 is 0.537 bits per heavy atom. The van der Waals surface area contributed by atoms with Crippen molar-refractivity contribution in [2.24, 2.45) is 0 Å². The number of hydrogen-bond acceptors (Lipinski definition) is 2. The topological polar surface area (TPSA) is 16.3 Å². The summed E-state index contributed by atoms with van der Waals surface area (Å²) in [7, 11) is 0. The predicted octanol–water partition coefficient (Wildman–Crippen LogP) is 25.9. The highest BCUT2D eigenvalue weighted by Gasteiger charge is 2.46. The van der Waals surface area contributed by atoms with Gasteiger partial charge < -0.3 is 18.9 Å². The lowest BCUT2D eigenvalue weighted by Gasteiger charge is -2.46. The Bertz CT molecular complexity index is 5790. The minimum absolute atomic E-state index is 0.206. The molecule has 17 aromatic rings. The third-order valence-electron chi connectivity index (χ3n) is 22.4. The predicted molar refractivity (Wildman–Crippen MR) is 460 cm³/mol. The zero-order valence-corrected chi connectivity index (χ0v) is 62.0. The average Bonchev–Trinajstić information content (AvgIpc) is 0.751. The summed E-state index contributed by atoms with van der Waals surface area (Å²) in [5, 5.41) is 2.38. The Morgan fingerprint density at radius 3 is 0.843 bits per heavy atom. The zero-order valence-electron chi connectivity index (χ0n) is 62.0. The van der Waals surface area contributed by atoms with Crippen LogP contribution in [0.4, 0.5) is 34.1 Å². The Labute approximate surface area is 634 Å². The molecule has 4 heterocycles. The maximum absolute atomic E-state index is 2.71. The Balaban J connectivity index is 0.990. The molecule has 2 aliphatic rings. The third-order valence-corrected chi connectivity index (χ3v) is 22.4. The number of aryl methyl sites for hydroxylation is 1. The average molecular weight is 1390 g/mol. The van der Waals surface area contributed by atoms with Gasteiger partial charge in [0.1, 0.15) is 0 Å². The smallest absolute Gasteiger partial charge is 0.252 e. The molecule has 15 aromatic carbocycles.